The molecule has 0 aliphatic carbocycles. The number of thiophene rings is 1. The van der Waals surface area contributed by atoms with Gasteiger partial charge in [-0.05, 0) is 25.1 Å². The van der Waals surface area contributed by atoms with Crippen LogP contribution in [0, 0.1) is 17.0 Å². The molecule has 0 atom stereocenters. The van der Waals surface area contributed by atoms with E-state index in [0.717, 1.165) is 4.88 Å². The second-order valence-corrected chi connectivity index (χ2v) is 5.20. The van der Waals surface area contributed by atoms with Crippen LogP contribution < -0.4 is 16.6 Å². The smallest absolute Gasteiger partial charge is 0.311 e. The Kier molecular flexibility index (Phi) is 3.93. The maximum Gasteiger partial charge on any atom is 0.311 e. The first kappa shape index (κ1) is 13.2. The molecule has 2 aromatic rings. The third-order valence-electron chi connectivity index (χ3n) is 2.44. The van der Waals surface area contributed by atoms with Crippen molar-refractivity contribution in [3.8, 4) is 0 Å². The lowest BCUT2D eigenvalue weighted by molar-refractivity contribution is -0.384. The molecule has 100 valence electrons. The van der Waals surface area contributed by atoms with Crippen molar-refractivity contribution in [3.05, 3.63) is 44.1 Å². The van der Waals surface area contributed by atoms with Crippen molar-refractivity contribution in [1.29, 1.82) is 0 Å². The van der Waals surface area contributed by atoms with Crippen LogP contribution in [0.2, 0.25) is 0 Å². The highest BCUT2D eigenvalue weighted by Crippen LogP contribution is 2.25. The Morgan fingerprint density at radius 2 is 2.21 bits per heavy atom. The third kappa shape index (κ3) is 3.18. The summed E-state index contributed by atoms with van der Waals surface area (Å²) in [7, 11) is 0. The van der Waals surface area contributed by atoms with Crippen LogP contribution in [0.15, 0.2) is 24.3 Å². The highest BCUT2D eigenvalue weighted by atomic mass is 32.1. The molecule has 0 aliphatic rings. The van der Waals surface area contributed by atoms with Crippen LogP contribution in [-0.4, -0.2) is 9.91 Å². The van der Waals surface area contributed by atoms with Gasteiger partial charge in [0.25, 0.3) is 0 Å². The van der Waals surface area contributed by atoms with E-state index in [1.165, 1.54) is 17.0 Å². The Balaban J connectivity index is 2.19. The zero-order valence-electron chi connectivity index (χ0n) is 10.2. The SMILES string of the molecule is Cc1ccc(CNc2nc(NN)ccc2[N+](=O)[O-])s1. The largest absolute Gasteiger partial charge is 0.359 e. The molecule has 19 heavy (non-hydrogen) atoms. The number of nitro groups is 1. The maximum atomic E-state index is 10.9. The van der Waals surface area contributed by atoms with Gasteiger partial charge in [-0.15, -0.1) is 11.3 Å². The van der Waals surface area contributed by atoms with E-state index >= 15 is 0 Å². The fraction of sp³-hybridized carbons (Fsp3) is 0.182. The number of hydrogen-bond donors (Lipinski definition) is 3. The summed E-state index contributed by atoms with van der Waals surface area (Å²) in [6.07, 6.45) is 0. The minimum atomic E-state index is -0.477. The highest BCUT2D eigenvalue weighted by molar-refractivity contribution is 7.11. The van der Waals surface area contributed by atoms with Gasteiger partial charge in [0.05, 0.1) is 11.5 Å². The van der Waals surface area contributed by atoms with Crippen molar-refractivity contribution >= 4 is 28.7 Å². The number of anilines is 2. The van der Waals surface area contributed by atoms with E-state index in [2.05, 4.69) is 15.7 Å². The standard InChI is InChI=1S/C11H13N5O2S/c1-7-2-3-8(19-7)6-13-11-9(16(17)18)4-5-10(14-11)15-12/h2-5H,6,12H2,1H3,(H2,13,14,15). The molecule has 0 radical (unpaired) electrons. The molecule has 2 rings (SSSR count). The van der Waals surface area contributed by atoms with Crippen molar-refractivity contribution in [3.63, 3.8) is 0 Å². The third-order valence-corrected chi connectivity index (χ3v) is 3.45. The Morgan fingerprint density at radius 1 is 1.42 bits per heavy atom. The van der Waals surface area contributed by atoms with Gasteiger partial charge >= 0.3 is 5.69 Å². The molecule has 0 aliphatic heterocycles. The summed E-state index contributed by atoms with van der Waals surface area (Å²) in [6, 6.07) is 6.80. The van der Waals surface area contributed by atoms with E-state index in [0.29, 0.717) is 12.4 Å². The summed E-state index contributed by atoms with van der Waals surface area (Å²) in [5, 5.41) is 13.9. The van der Waals surface area contributed by atoms with E-state index in [1.54, 1.807) is 11.3 Å². The van der Waals surface area contributed by atoms with E-state index in [-0.39, 0.29) is 11.5 Å². The minimum Gasteiger partial charge on any atom is -0.359 e. The molecular weight excluding hydrogens is 266 g/mol. The number of aryl methyl sites for hydroxylation is 1. The Hall–Kier alpha value is -2.19. The van der Waals surface area contributed by atoms with Gasteiger partial charge in [0.1, 0.15) is 5.82 Å². The summed E-state index contributed by atoms with van der Waals surface area (Å²) in [6.45, 7) is 2.49. The number of nitrogens with one attached hydrogen (secondary N) is 2. The molecule has 0 bridgehead atoms. The summed E-state index contributed by atoms with van der Waals surface area (Å²) in [4.78, 5) is 16.8. The molecule has 2 heterocycles. The normalized spacial score (nSPS) is 10.2. The van der Waals surface area contributed by atoms with E-state index in [1.807, 2.05) is 19.1 Å². The van der Waals surface area contributed by atoms with Gasteiger partial charge in [0, 0.05) is 15.8 Å². The summed E-state index contributed by atoms with van der Waals surface area (Å²) < 4.78 is 0. The number of hydrogen-bond acceptors (Lipinski definition) is 7. The molecule has 2 aromatic heterocycles. The fourth-order valence-corrected chi connectivity index (χ4v) is 2.39. The number of hydrazine groups is 1. The number of nitrogens with zero attached hydrogens (tertiary/aromatic N) is 2. The lowest BCUT2D eigenvalue weighted by Gasteiger charge is -2.06. The highest BCUT2D eigenvalue weighted by Gasteiger charge is 2.15. The molecular formula is C11H13N5O2S. The van der Waals surface area contributed by atoms with Gasteiger partial charge < -0.3 is 10.7 Å². The predicted octanol–water partition coefficient (Wildman–Crippen LogP) is 2.26. The van der Waals surface area contributed by atoms with Gasteiger partial charge in [0.15, 0.2) is 0 Å². The topological polar surface area (TPSA) is 106 Å². The second kappa shape index (κ2) is 5.63. The van der Waals surface area contributed by atoms with E-state index < -0.39 is 4.92 Å². The van der Waals surface area contributed by atoms with Gasteiger partial charge in [0.2, 0.25) is 5.82 Å². The summed E-state index contributed by atoms with van der Waals surface area (Å²) in [5.41, 5.74) is 2.29. The molecule has 0 spiro atoms. The number of aromatic nitrogens is 1. The van der Waals surface area contributed by atoms with Gasteiger partial charge in [-0.1, -0.05) is 0 Å². The quantitative estimate of drug-likeness (QED) is 0.440. The van der Waals surface area contributed by atoms with Crippen molar-refractivity contribution in [2.24, 2.45) is 5.84 Å². The first-order valence-electron chi connectivity index (χ1n) is 5.51. The maximum absolute atomic E-state index is 10.9. The van der Waals surface area contributed by atoms with E-state index in [4.69, 9.17) is 5.84 Å². The first-order chi connectivity index (χ1) is 9.10. The Labute approximate surface area is 113 Å². The zero-order valence-corrected chi connectivity index (χ0v) is 11.0. The van der Waals surface area contributed by atoms with Crippen LogP contribution in [0.5, 0.6) is 0 Å². The van der Waals surface area contributed by atoms with Crippen molar-refractivity contribution in [2.45, 2.75) is 13.5 Å². The molecule has 0 saturated heterocycles. The van der Waals surface area contributed by atoms with Crippen molar-refractivity contribution < 1.29 is 4.92 Å². The molecule has 0 unspecified atom stereocenters. The zero-order chi connectivity index (χ0) is 13.8. The minimum absolute atomic E-state index is 0.0766. The van der Waals surface area contributed by atoms with Crippen molar-refractivity contribution in [1.82, 2.24) is 4.98 Å². The average Bonchev–Trinajstić information content (AvgIpc) is 2.81. The first-order valence-corrected chi connectivity index (χ1v) is 6.33. The molecule has 0 saturated carbocycles. The number of nitrogens with two attached hydrogens (primary N) is 1. The van der Waals surface area contributed by atoms with Crippen LogP contribution in [0.4, 0.5) is 17.3 Å². The molecule has 0 fully saturated rings. The molecule has 0 amide bonds. The Morgan fingerprint density at radius 3 is 2.79 bits per heavy atom. The molecule has 8 heteroatoms. The van der Waals surface area contributed by atoms with Crippen molar-refractivity contribution in [2.75, 3.05) is 10.7 Å². The number of pyridine rings is 1. The predicted molar refractivity (Wildman–Crippen MR) is 75.1 cm³/mol. The van der Waals surface area contributed by atoms with Gasteiger partial charge in [-0.25, -0.2) is 10.8 Å². The van der Waals surface area contributed by atoms with Gasteiger partial charge in [-0.2, -0.15) is 0 Å². The van der Waals surface area contributed by atoms with Crippen LogP contribution in [0.3, 0.4) is 0 Å². The molecule has 0 aromatic carbocycles. The average molecular weight is 279 g/mol. The summed E-state index contributed by atoms with van der Waals surface area (Å²) in [5.74, 6) is 5.82. The van der Waals surface area contributed by atoms with E-state index in [9.17, 15) is 10.1 Å². The van der Waals surface area contributed by atoms with Crippen LogP contribution >= 0.6 is 11.3 Å². The van der Waals surface area contributed by atoms with Crippen LogP contribution in [-0.2, 0) is 6.54 Å². The second-order valence-electron chi connectivity index (χ2n) is 3.83. The lowest BCUT2D eigenvalue weighted by Crippen LogP contribution is -2.11. The fourth-order valence-electron chi connectivity index (χ4n) is 1.56. The van der Waals surface area contributed by atoms with Crippen LogP contribution in [0.1, 0.15) is 9.75 Å². The molecule has 7 nitrogen and oxygen atoms in total. The number of rotatable bonds is 5. The number of nitrogen functional groups attached to an aromatic ring is 1. The van der Waals surface area contributed by atoms with Crippen LogP contribution in [0.25, 0.3) is 0 Å². The summed E-state index contributed by atoms with van der Waals surface area (Å²) >= 11 is 1.63. The monoisotopic (exact) mass is 279 g/mol. The van der Waals surface area contributed by atoms with Gasteiger partial charge in [-0.3, -0.25) is 10.1 Å². The lowest BCUT2D eigenvalue weighted by atomic mass is 10.3. The Bertz CT molecular complexity index is 599. The molecule has 4 N–H and O–H groups in total.